The lowest BCUT2D eigenvalue weighted by atomic mass is 9.83. The Morgan fingerprint density at radius 1 is 1.35 bits per heavy atom. The Morgan fingerprint density at radius 3 is 2.85 bits per heavy atom. The molecule has 1 aromatic carbocycles. The molecule has 6 heteroatoms. The van der Waals surface area contributed by atoms with Gasteiger partial charge in [-0.3, -0.25) is 9.36 Å². The average Bonchev–Trinajstić information content (AvgIpc) is 3.11. The van der Waals surface area contributed by atoms with E-state index in [9.17, 15) is 10.1 Å². The molecule has 0 unspecified atom stereocenters. The highest BCUT2D eigenvalue weighted by Gasteiger charge is 2.33. The number of rotatable bonds is 5. The summed E-state index contributed by atoms with van der Waals surface area (Å²) in [5.41, 5.74) is 2.81. The van der Waals surface area contributed by atoms with Crippen LogP contribution in [0.4, 0.5) is 0 Å². The van der Waals surface area contributed by atoms with Gasteiger partial charge in [0, 0.05) is 12.4 Å². The maximum absolute atomic E-state index is 12.4. The number of carbonyl (C=O) groups is 1. The van der Waals surface area contributed by atoms with Gasteiger partial charge in [-0.05, 0) is 43.9 Å². The summed E-state index contributed by atoms with van der Waals surface area (Å²) >= 11 is 1.40. The number of thioether (sulfide) groups is 1. The molecule has 5 nitrogen and oxygen atoms in total. The molecular formula is C20H24N4OS. The number of nitrogens with one attached hydrogen (secondary N) is 1. The molecule has 136 valence electrons. The van der Waals surface area contributed by atoms with Crippen molar-refractivity contribution in [3.05, 3.63) is 41.7 Å². The van der Waals surface area contributed by atoms with Crippen LogP contribution in [0, 0.1) is 25.2 Å². The fourth-order valence-corrected chi connectivity index (χ4v) is 4.20. The molecular weight excluding hydrogens is 344 g/mol. The van der Waals surface area contributed by atoms with E-state index in [1.54, 1.807) is 6.20 Å². The molecule has 3 rings (SSSR count). The lowest BCUT2D eigenvalue weighted by molar-refractivity contribution is -0.120. The van der Waals surface area contributed by atoms with Crippen LogP contribution in [0.5, 0.6) is 0 Å². The fourth-order valence-electron chi connectivity index (χ4n) is 3.43. The maximum atomic E-state index is 12.4. The summed E-state index contributed by atoms with van der Waals surface area (Å²) in [6.45, 7) is 4.17. The first kappa shape index (κ1) is 18.5. The smallest absolute Gasteiger partial charge is 0.231 e. The van der Waals surface area contributed by atoms with E-state index in [4.69, 9.17) is 0 Å². The average molecular weight is 369 g/mol. The van der Waals surface area contributed by atoms with Crippen molar-refractivity contribution in [3.8, 4) is 11.8 Å². The summed E-state index contributed by atoms with van der Waals surface area (Å²) in [6.07, 6.45) is 8.30. The Kier molecular flexibility index (Phi) is 5.67. The summed E-state index contributed by atoms with van der Waals surface area (Å²) in [5, 5.41) is 13.3. The van der Waals surface area contributed by atoms with Gasteiger partial charge < -0.3 is 5.32 Å². The molecule has 26 heavy (non-hydrogen) atoms. The summed E-state index contributed by atoms with van der Waals surface area (Å²) in [7, 11) is 0. The summed E-state index contributed by atoms with van der Waals surface area (Å²) < 4.78 is 2.01. The molecule has 0 atom stereocenters. The molecule has 0 spiro atoms. The van der Waals surface area contributed by atoms with Crippen LogP contribution < -0.4 is 5.32 Å². The van der Waals surface area contributed by atoms with Gasteiger partial charge in [0.2, 0.25) is 5.91 Å². The van der Waals surface area contributed by atoms with Gasteiger partial charge in [0.15, 0.2) is 5.16 Å². The first-order chi connectivity index (χ1) is 12.5. The van der Waals surface area contributed by atoms with E-state index in [0.717, 1.165) is 42.9 Å². The summed E-state index contributed by atoms with van der Waals surface area (Å²) in [6, 6.07) is 8.50. The van der Waals surface area contributed by atoms with Crippen LogP contribution in [0.2, 0.25) is 0 Å². The predicted octanol–water partition coefficient (Wildman–Crippen LogP) is 3.92. The molecule has 2 aromatic rings. The molecule has 0 saturated heterocycles. The van der Waals surface area contributed by atoms with E-state index in [0.29, 0.717) is 0 Å². The first-order valence-electron chi connectivity index (χ1n) is 9.00. The molecule has 0 aliphatic heterocycles. The van der Waals surface area contributed by atoms with Crippen LogP contribution in [0.25, 0.3) is 5.69 Å². The number of nitrogens with zero attached hydrogens (tertiary/aromatic N) is 3. The van der Waals surface area contributed by atoms with Crippen molar-refractivity contribution in [1.29, 1.82) is 5.26 Å². The van der Waals surface area contributed by atoms with Gasteiger partial charge >= 0.3 is 0 Å². The number of imidazole rings is 1. The van der Waals surface area contributed by atoms with Crippen LogP contribution in [-0.4, -0.2) is 26.8 Å². The molecule has 1 heterocycles. The first-order valence-corrected chi connectivity index (χ1v) is 9.98. The third-order valence-corrected chi connectivity index (χ3v) is 6.04. The van der Waals surface area contributed by atoms with E-state index in [1.165, 1.54) is 22.9 Å². The Bertz CT molecular complexity index is 831. The summed E-state index contributed by atoms with van der Waals surface area (Å²) in [5.74, 6) is 0.152. The number of benzene rings is 1. The molecule has 1 aliphatic rings. The lowest BCUT2D eigenvalue weighted by Gasteiger charge is -2.31. The minimum atomic E-state index is -0.682. The Balaban J connectivity index is 1.68. The zero-order valence-corrected chi connectivity index (χ0v) is 16.1. The number of carbonyl (C=O) groups excluding carboxylic acids is 1. The predicted molar refractivity (Wildman–Crippen MR) is 103 cm³/mol. The Hall–Kier alpha value is -2.26. The van der Waals surface area contributed by atoms with E-state index >= 15 is 0 Å². The number of nitriles is 1. The number of hydrogen-bond donors (Lipinski definition) is 1. The third kappa shape index (κ3) is 3.94. The quantitative estimate of drug-likeness (QED) is 0.812. The highest BCUT2D eigenvalue weighted by atomic mass is 32.2. The standard InChI is InChI=1S/C20H24N4OS/c1-15-7-6-8-17(16(15)2)24-12-11-22-19(24)26-13-18(25)23-20(14-21)9-4-3-5-10-20/h6-8,11-12H,3-5,9-10,13H2,1-2H3,(H,23,25). The third-order valence-electron chi connectivity index (χ3n) is 5.07. The zero-order valence-electron chi connectivity index (χ0n) is 15.3. The van der Waals surface area contributed by atoms with Gasteiger partial charge in [-0.1, -0.05) is 43.2 Å². The molecule has 0 bridgehead atoms. The van der Waals surface area contributed by atoms with Crippen molar-refractivity contribution in [2.45, 2.75) is 56.6 Å². The van der Waals surface area contributed by atoms with Gasteiger partial charge in [0.1, 0.15) is 5.54 Å². The Morgan fingerprint density at radius 2 is 2.12 bits per heavy atom. The van der Waals surface area contributed by atoms with Crippen molar-refractivity contribution in [3.63, 3.8) is 0 Å². The fraction of sp³-hybridized carbons (Fsp3) is 0.450. The highest BCUT2D eigenvalue weighted by Crippen LogP contribution is 2.28. The van der Waals surface area contributed by atoms with Gasteiger partial charge in [-0.2, -0.15) is 5.26 Å². The van der Waals surface area contributed by atoms with Crippen LogP contribution in [0.3, 0.4) is 0 Å². The number of hydrogen-bond acceptors (Lipinski definition) is 4. The lowest BCUT2D eigenvalue weighted by Crippen LogP contribution is -2.49. The SMILES string of the molecule is Cc1cccc(-n2ccnc2SCC(=O)NC2(C#N)CCCCC2)c1C. The van der Waals surface area contributed by atoms with Crippen molar-refractivity contribution in [2.75, 3.05) is 5.75 Å². The zero-order chi connectivity index (χ0) is 18.6. The second-order valence-corrected chi connectivity index (χ2v) is 7.83. The van der Waals surface area contributed by atoms with Crippen LogP contribution in [0.15, 0.2) is 35.7 Å². The van der Waals surface area contributed by atoms with Crippen molar-refractivity contribution in [2.24, 2.45) is 0 Å². The van der Waals surface area contributed by atoms with Crippen LogP contribution in [0.1, 0.15) is 43.2 Å². The maximum Gasteiger partial charge on any atom is 0.231 e. The highest BCUT2D eigenvalue weighted by molar-refractivity contribution is 7.99. The number of amides is 1. The molecule has 1 aliphatic carbocycles. The largest absolute Gasteiger partial charge is 0.337 e. The van der Waals surface area contributed by atoms with Crippen molar-refractivity contribution >= 4 is 17.7 Å². The number of aryl methyl sites for hydroxylation is 1. The normalized spacial score (nSPS) is 16.0. The van der Waals surface area contributed by atoms with Gasteiger partial charge in [-0.25, -0.2) is 4.98 Å². The summed E-state index contributed by atoms with van der Waals surface area (Å²) in [4.78, 5) is 16.8. The second kappa shape index (κ2) is 7.96. The molecule has 1 aromatic heterocycles. The Labute approximate surface area is 158 Å². The molecule has 1 fully saturated rings. The molecule has 1 saturated carbocycles. The van der Waals surface area contributed by atoms with E-state index in [2.05, 4.69) is 42.4 Å². The van der Waals surface area contributed by atoms with Crippen LogP contribution in [-0.2, 0) is 4.79 Å². The van der Waals surface area contributed by atoms with Crippen molar-refractivity contribution in [1.82, 2.24) is 14.9 Å². The minimum absolute atomic E-state index is 0.103. The minimum Gasteiger partial charge on any atom is -0.337 e. The molecule has 0 radical (unpaired) electrons. The molecule has 1 N–H and O–H groups in total. The van der Waals surface area contributed by atoms with Crippen LogP contribution >= 0.6 is 11.8 Å². The topological polar surface area (TPSA) is 70.7 Å². The molecule has 1 amide bonds. The van der Waals surface area contributed by atoms with Gasteiger partial charge in [0.05, 0.1) is 17.5 Å². The van der Waals surface area contributed by atoms with Gasteiger partial charge in [0.25, 0.3) is 0 Å². The van der Waals surface area contributed by atoms with Gasteiger partial charge in [-0.15, -0.1) is 0 Å². The number of aromatic nitrogens is 2. The van der Waals surface area contributed by atoms with E-state index in [1.807, 2.05) is 16.8 Å². The monoisotopic (exact) mass is 368 g/mol. The van der Waals surface area contributed by atoms with Crippen molar-refractivity contribution < 1.29 is 4.79 Å². The van der Waals surface area contributed by atoms with E-state index < -0.39 is 5.54 Å². The van der Waals surface area contributed by atoms with E-state index in [-0.39, 0.29) is 11.7 Å². The second-order valence-electron chi connectivity index (χ2n) is 6.89.